The summed E-state index contributed by atoms with van der Waals surface area (Å²) in [5.41, 5.74) is 0. The summed E-state index contributed by atoms with van der Waals surface area (Å²) in [6.45, 7) is 5.81. The van der Waals surface area contributed by atoms with E-state index in [0.29, 0.717) is 0 Å². The first-order chi connectivity index (χ1) is 12.6. The maximum absolute atomic E-state index is 13.3. The van der Waals surface area contributed by atoms with Gasteiger partial charge in [-0.3, -0.25) is 14.4 Å². The van der Waals surface area contributed by atoms with Gasteiger partial charge in [0, 0.05) is 38.0 Å². The number of likely N-dealkylation sites (tertiary alicyclic amines) is 2. The van der Waals surface area contributed by atoms with Gasteiger partial charge in [-0.25, -0.2) is 0 Å². The van der Waals surface area contributed by atoms with Gasteiger partial charge in [0.2, 0.25) is 11.8 Å². The van der Waals surface area contributed by atoms with Crippen molar-refractivity contribution in [2.45, 2.75) is 90.1 Å². The van der Waals surface area contributed by atoms with Gasteiger partial charge in [0.05, 0.1) is 11.8 Å². The normalized spacial score (nSPS) is 32.8. The number of ketones is 1. The van der Waals surface area contributed by atoms with Crippen LogP contribution in [0.15, 0.2) is 0 Å². The van der Waals surface area contributed by atoms with Crippen LogP contribution in [0.3, 0.4) is 0 Å². The lowest BCUT2D eigenvalue weighted by Crippen LogP contribution is -2.51. The third-order valence-electron chi connectivity index (χ3n) is 6.78. The highest BCUT2D eigenvalue weighted by atomic mass is 16.2. The molecule has 2 aliphatic heterocycles. The van der Waals surface area contributed by atoms with Gasteiger partial charge in [-0.1, -0.05) is 13.8 Å². The molecule has 5 nitrogen and oxygen atoms in total. The molecule has 0 bridgehead atoms. The predicted octanol–water partition coefficient (Wildman–Crippen LogP) is 3.16. The van der Waals surface area contributed by atoms with Crippen LogP contribution in [0, 0.1) is 11.8 Å². The van der Waals surface area contributed by atoms with Gasteiger partial charge in [-0.05, 0) is 51.4 Å². The second kappa shape index (κ2) is 8.53. The zero-order valence-corrected chi connectivity index (χ0v) is 16.4. The van der Waals surface area contributed by atoms with Gasteiger partial charge in [0.25, 0.3) is 0 Å². The molecular formula is C21H34N2O3. The van der Waals surface area contributed by atoms with Gasteiger partial charge in [0.15, 0.2) is 0 Å². The molecule has 2 heterocycles. The second-order valence-corrected chi connectivity index (χ2v) is 8.34. The van der Waals surface area contributed by atoms with Gasteiger partial charge < -0.3 is 9.80 Å². The Balaban J connectivity index is 1.76. The molecule has 2 amide bonds. The van der Waals surface area contributed by atoms with E-state index in [9.17, 15) is 14.4 Å². The highest BCUT2D eigenvalue weighted by molar-refractivity contribution is 5.98. The highest BCUT2D eigenvalue weighted by Gasteiger charge is 2.46. The first-order valence-corrected chi connectivity index (χ1v) is 10.7. The lowest BCUT2D eigenvalue weighted by Gasteiger charge is -2.40. The van der Waals surface area contributed by atoms with E-state index in [0.717, 1.165) is 51.6 Å². The summed E-state index contributed by atoms with van der Waals surface area (Å²) in [4.78, 5) is 42.7. The van der Waals surface area contributed by atoms with Crippen molar-refractivity contribution in [3.8, 4) is 0 Å². The topological polar surface area (TPSA) is 57.7 Å². The molecule has 26 heavy (non-hydrogen) atoms. The standard InChI is InChI=1S/C21H34N2O3/c1-3-15-9-5-7-11-22(15)20(25)18-13-17(24)14-19(18)21(26)23-12-8-6-10-16(23)4-2/h15-16,18-19H,3-14H2,1-2H3/t15-,16-,18-,19+/m1/s1. The zero-order valence-electron chi connectivity index (χ0n) is 16.4. The van der Waals surface area contributed by atoms with Crippen LogP contribution in [0.5, 0.6) is 0 Å². The quantitative estimate of drug-likeness (QED) is 0.772. The molecule has 3 aliphatic rings. The third kappa shape index (κ3) is 3.81. The summed E-state index contributed by atoms with van der Waals surface area (Å²) in [5, 5.41) is 0. The van der Waals surface area contributed by atoms with Gasteiger partial charge in [-0.2, -0.15) is 0 Å². The summed E-state index contributed by atoms with van der Waals surface area (Å²) in [6.07, 6.45) is 8.92. The van der Waals surface area contributed by atoms with Crippen LogP contribution in [-0.2, 0) is 14.4 Å². The molecule has 0 aromatic carbocycles. The predicted molar refractivity (Wildman–Crippen MR) is 101 cm³/mol. The Bertz CT molecular complexity index is 501. The van der Waals surface area contributed by atoms with Gasteiger partial charge in [-0.15, -0.1) is 0 Å². The third-order valence-corrected chi connectivity index (χ3v) is 6.78. The minimum atomic E-state index is -0.429. The van der Waals surface area contributed by atoms with Crippen LogP contribution in [0.4, 0.5) is 0 Å². The Labute approximate surface area is 157 Å². The highest BCUT2D eigenvalue weighted by Crippen LogP contribution is 2.36. The molecule has 0 N–H and O–H groups in total. The average Bonchev–Trinajstić information content (AvgIpc) is 3.08. The minimum absolute atomic E-state index is 0.0609. The summed E-state index contributed by atoms with van der Waals surface area (Å²) < 4.78 is 0. The van der Waals surface area contributed by atoms with E-state index in [-0.39, 0.29) is 42.5 Å². The molecule has 4 atom stereocenters. The van der Waals surface area contributed by atoms with E-state index in [1.807, 2.05) is 9.80 Å². The fraction of sp³-hybridized carbons (Fsp3) is 0.857. The number of amides is 2. The summed E-state index contributed by atoms with van der Waals surface area (Å²) in [7, 11) is 0. The maximum atomic E-state index is 13.3. The zero-order chi connectivity index (χ0) is 18.7. The first kappa shape index (κ1) is 19.4. The Kier molecular flexibility index (Phi) is 6.36. The lowest BCUT2D eigenvalue weighted by atomic mass is 9.89. The molecule has 3 fully saturated rings. The first-order valence-electron chi connectivity index (χ1n) is 10.7. The van der Waals surface area contributed by atoms with Crippen LogP contribution in [-0.4, -0.2) is 52.6 Å². The molecule has 0 aromatic rings. The van der Waals surface area contributed by atoms with E-state index >= 15 is 0 Å². The van der Waals surface area contributed by atoms with Crippen LogP contribution >= 0.6 is 0 Å². The Morgan fingerprint density at radius 3 is 1.62 bits per heavy atom. The molecule has 5 heteroatoms. The van der Waals surface area contributed by atoms with E-state index in [4.69, 9.17) is 0 Å². The second-order valence-electron chi connectivity index (χ2n) is 8.34. The smallest absolute Gasteiger partial charge is 0.227 e. The van der Waals surface area contributed by atoms with Crippen molar-refractivity contribution in [1.29, 1.82) is 0 Å². The van der Waals surface area contributed by atoms with Crippen molar-refractivity contribution in [3.05, 3.63) is 0 Å². The largest absolute Gasteiger partial charge is 0.339 e. The number of hydrogen-bond donors (Lipinski definition) is 0. The Morgan fingerprint density at radius 1 is 0.808 bits per heavy atom. The number of carbonyl (C=O) groups is 3. The SMILES string of the molecule is CC[C@@H]1CCCCN1C(=O)[C@H]1CC(=O)C[C@H]1C(=O)N1CCCC[C@H]1CC. The van der Waals surface area contributed by atoms with E-state index < -0.39 is 11.8 Å². The fourth-order valence-electron chi connectivity index (χ4n) is 5.23. The maximum Gasteiger partial charge on any atom is 0.227 e. The van der Waals surface area contributed by atoms with Crippen molar-refractivity contribution in [2.75, 3.05) is 13.1 Å². The average molecular weight is 363 g/mol. The van der Waals surface area contributed by atoms with Crippen molar-refractivity contribution in [2.24, 2.45) is 11.8 Å². The van der Waals surface area contributed by atoms with Crippen LogP contribution < -0.4 is 0 Å². The number of nitrogens with zero attached hydrogens (tertiary/aromatic N) is 2. The van der Waals surface area contributed by atoms with Crippen molar-refractivity contribution in [3.63, 3.8) is 0 Å². The monoisotopic (exact) mass is 362 g/mol. The van der Waals surface area contributed by atoms with Crippen LogP contribution in [0.2, 0.25) is 0 Å². The number of carbonyl (C=O) groups excluding carboxylic acids is 3. The number of rotatable bonds is 4. The summed E-state index contributed by atoms with van der Waals surface area (Å²) >= 11 is 0. The molecule has 0 radical (unpaired) electrons. The van der Waals surface area contributed by atoms with Gasteiger partial charge >= 0.3 is 0 Å². The summed E-state index contributed by atoms with van der Waals surface area (Å²) in [5.74, 6) is -0.656. The van der Waals surface area contributed by atoms with Crippen molar-refractivity contribution < 1.29 is 14.4 Å². The molecule has 1 aliphatic carbocycles. The molecule has 3 rings (SSSR count). The Morgan fingerprint density at radius 2 is 1.23 bits per heavy atom. The Hall–Kier alpha value is -1.39. The van der Waals surface area contributed by atoms with Crippen LogP contribution in [0.1, 0.15) is 78.1 Å². The molecule has 1 saturated carbocycles. The number of Topliss-reactive ketones (excluding diaryl/α,β-unsaturated/α-hetero) is 1. The van der Waals surface area contributed by atoms with E-state index in [1.54, 1.807) is 0 Å². The summed E-state index contributed by atoms with van der Waals surface area (Å²) in [6, 6.07) is 0.558. The van der Waals surface area contributed by atoms with Crippen molar-refractivity contribution in [1.82, 2.24) is 9.80 Å². The van der Waals surface area contributed by atoms with Gasteiger partial charge in [0.1, 0.15) is 5.78 Å². The molecular weight excluding hydrogens is 328 g/mol. The molecule has 0 spiro atoms. The van der Waals surface area contributed by atoms with Crippen LogP contribution in [0.25, 0.3) is 0 Å². The number of piperidine rings is 2. The molecule has 0 unspecified atom stereocenters. The number of hydrogen-bond acceptors (Lipinski definition) is 3. The van der Waals surface area contributed by atoms with E-state index in [2.05, 4.69) is 13.8 Å². The molecule has 146 valence electrons. The molecule has 0 aromatic heterocycles. The van der Waals surface area contributed by atoms with Crippen molar-refractivity contribution >= 4 is 17.6 Å². The lowest BCUT2D eigenvalue weighted by molar-refractivity contribution is -0.149. The fourth-order valence-corrected chi connectivity index (χ4v) is 5.23. The van der Waals surface area contributed by atoms with E-state index in [1.165, 1.54) is 12.8 Å². The molecule has 2 saturated heterocycles. The minimum Gasteiger partial charge on any atom is -0.339 e.